The van der Waals surface area contributed by atoms with Gasteiger partial charge in [0.1, 0.15) is 12.0 Å². The van der Waals surface area contributed by atoms with E-state index in [9.17, 15) is 4.79 Å². The summed E-state index contributed by atoms with van der Waals surface area (Å²) in [5.74, 6) is 0.304. The van der Waals surface area contributed by atoms with Crippen LogP contribution < -0.4 is 4.74 Å². The van der Waals surface area contributed by atoms with Gasteiger partial charge >= 0.3 is 5.97 Å². The van der Waals surface area contributed by atoms with E-state index in [2.05, 4.69) is 9.73 Å². The van der Waals surface area contributed by atoms with Crippen LogP contribution >= 0.6 is 0 Å². The highest BCUT2D eigenvalue weighted by Crippen LogP contribution is 2.26. The Morgan fingerprint density at radius 1 is 1.38 bits per heavy atom. The van der Waals surface area contributed by atoms with Crippen molar-refractivity contribution < 1.29 is 14.3 Å². The van der Waals surface area contributed by atoms with Gasteiger partial charge in [-0.15, -0.1) is 0 Å². The van der Waals surface area contributed by atoms with Crippen LogP contribution in [0.3, 0.4) is 0 Å². The first-order valence-electron chi connectivity index (χ1n) is 4.93. The van der Waals surface area contributed by atoms with E-state index >= 15 is 0 Å². The average molecular weight is 221 g/mol. The van der Waals surface area contributed by atoms with Crippen molar-refractivity contribution >= 4 is 12.2 Å². The van der Waals surface area contributed by atoms with Gasteiger partial charge in [0.05, 0.1) is 20.3 Å². The Balaban J connectivity index is 2.83. The van der Waals surface area contributed by atoms with Crippen molar-refractivity contribution in [3.8, 4) is 5.75 Å². The zero-order valence-electron chi connectivity index (χ0n) is 9.64. The Labute approximate surface area is 94.9 Å². The summed E-state index contributed by atoms with van der Waals surface area (Å²) in [5, 5.41) is 0. The number of hydrogen-bond donors (Lipinski definition) is 0. The monoisotopic (exact) mass is 221 g/mol. The van der Waals surface area contributed by atoms with E-state index in [0.717, 1.165) is 11.3 Å². The van der Waals surface area contributed by atoms with Gasteiger partial charge in [-0.3, -0.25) is 4.99 Å². The van der Waals surface area contributed by atoms with Crippen LogP contribution in [-0.4, -0.2) is 26.4 Å². The zero-order valence-corrected chi connectivity index (χ0v) is 9.64. The molecule has 0 N–H and O–H groups in total. The van der Waals surface area contributed by atoms with Crippen LogP contribution in [0.1, 0.15) is 18.5 Å². The van der Waals surface area contributed by atoms with Gasteiger partial charge < -0.3 is 9.47 Å². The van der Waals surface area contributed by atoms with Crippen LogP contribution in [0, 0.1) is 0 Å². The minimum atomic E-state index is -0.457. The lowest BCUT2D eigenvalue weighted by Gasteiger charge is -2.11. The Kier molecular flexibility index (Phi) is 4.51. The number of rotatable bonds is 4. The summed E-state index contributed by atoms with van der Waals surface area (Å²) in [4.78, 5) is 15.0. The first kappa shape index (κ1) is 12.2. The molecule has 0 fully saturated rings. The summed E-state index contributed by atoms with van der Waals surface area (Å²) < 4.78 is 9.68. The molecule has 0 spiro atoms. The molecule has 4 heteroatoms. The van der Waals surface area contributed by atoms with Crippen LogP contribution in [0.2, 0.25) is 0 Å². The number of ether oxygens (including phenoxy) is 2. The molecule has 0 aliphatic rings. The van der Waals surface area contributed by atoms with Gasteiger partial charge in [0.25, 0.3) is 0 Å². The maximum atomic E-state index is 10.9. The highest BCUT2D eigenvalue weighted by molar-refractivity contribution is 6.23. The van der Waals surface area contributed by atoms with Gasteiger partial charge in [0.2, 0.25) is 0 Å². The van der Waals surface area contributed by atoms with Crippen molar-refractivity contribution in [2.45, 2.75) is 13.0 Å². The van der Waals surface area contributed by atoms with E-state index in [1.54, 1.807) is 7.11 Å². The van der Waals surface area contributed by atoms with E-state index in [-0.39, 0.29) is 6.04 Å². The molecule has 0 heterocycles. The molecule has 86 valence electrons. The summed E-state index contributed by atoms with van der Waals surface area (Å²) in [6.07, 6.45) is 1.18. The smallest absolute Gasteiger partial charge is 0.348 e. The lowest BCUT2D eigenvalue weighted by molar-refractivity contribution is -0.132. The highest BCUT2D eigenvalue weighted by atomic mass is 16.5. The Bertz CT molecular complexity index is 388. The van der Waals surface area contributed by atoms with E-state index in [0.29, 0.717) is 0 Å². The number of benzene rings is 1. The molecule has 0 aromatic heterocycles. The number of carbonyl (C=O) groups is 1. The van der Waals surface area contributed by atoms with Crippen molar-refractivity contribution in [1.29, 1.82) is 0 Å². The maximum Gasteiger partial charge on any atom is 0.348 e. The molecule has 0 radical (unpaired) electrons. The molecule has 16 heavy (non-hydrogen) atoms. The molecule has 0 aliphatic heterocycles. The minimum Gasteiger partial charge on any atom is -0.496 e. The van der Waals surface area contributed by atoms with E-state index < -0.39 is 5.97 Å². The molecule has 4 nitrogen and oxygen atoms in total. The Morgan fingerprint density at radius 2 is 2.06 bits per heavy atom. The lowest BCUT2D eigenvalue weighted by atomic mass is 10.1. The van der Waals surface area contributed by atoms with Gasteiger partial charge in [-0.2, -0.15) is 0 Å². The van der Waals surface area contributed by atoms with Gasteiger partial charge in [0.15, 0.2) is 0 Å². The fraction of sp³-hybridized carbons (Fsp3) is 0.333. The topological polar surface area (TPSA) is 47.9 Å². The molecule has 1 aromatic rings. The third kappa shape index (κ3) is 3.08. The van der Waals surface area contributed by atoms with Gasteiger partial charge in [-0.05, 0) is 13.0 Å². The van der Waals surface area contributed by atoms with Crippen molar-refractivity contribution in [3.63, 3.8) is 0 Å². The molecule has 1 rings (SSSR count). The molecule has 0 saturated carbocycles. The molecule has 0 aliphatic carbocycles. The van der Waals surface area contributed by atoms with Crippen molar-refractivity contribution in [2.24, 2.45) is 4.99 Å². The van der Waals surface area contributed by atoms with Crippen LogP contribution in [0.4, 0.5) is 0 Å². The molecule has 1 aromatic carbocycles. The highest BCUT2D eigenvalue weighted by Gasteiger charge is 2.08. The molecule has 1 atom stereocenters. The largest absolute Gasteiger partial charge is 0.496 e. The number of nitrogens with zero attached hydrogens (tertiary/aromatic N) is 1. The SMILES string of the molecule is COC(=O)C=N[C@@H](C)c1ccccc1OC. The fourth-order valence-corrected chi connectivity index (χ4v) is 1.32. The summed E-state index contributed by atoms with van der Waals surface area (Å²) in [7, 11) is 2.93. The minimum absolute atomic E-state index is 0.143. The van der Waals surface area contributed by atoms with Crippen LogP contribution in [0.15, 0.2) is 29.3 Å². The number of hydrogen-bond acceptors (Lipinski definition) is 4. The summed E-state index contributed by atoms with van der Waals surface area (Å²) in [6.45, 7) is 1.89. The standard InChI is InChI=1S/C12H15NO3/c1-9(13-8-12(14)16-3)10-6-4-5-7-11(10)15-2/h4-9H,1-3H3/t9-/m0/s1. The lowest BCUT2D eigenvalue weighted by Crippen LogP contribution is -2.03. The summed E-state index contributed by atoms with van der Waals surface area (Å²) in [5.41, 5.74) is 0.935. The number of carbonyl (C=O) groups excluding carboxylic acids is 1. The van der Waals surface area contributed by atoms with Gasteiger partial charge in [-0.25, -0.2) is 4.79 Å². The Morgan fingerprint density at radius 3 is 2.69 bits per heavy atom. The Hall–Kier alpha value is -1.84. The molecule has 0 unspecified atom stereocenters. The maximum absolute atomic E-state index is 10.9. The molecule has 0 saturated heterocycles. The number of esters is 1. The van der Waals surface area contributed by atoms with Crippen LogP contribution in [-0.2, 0) is 9.53 Å². The third-order valence-corrected chi connectivity index (χ3v) is 2.19. The second-order valence-electron chi connectivity index (χ2n) is 3.22. The second-order valence-corrected chi connectivity index (χ2v) is 3.22. The van der Waals surface area contributed by atoms with E-state index in [1.165, 1.54) is 13.3 Å². The average Bonchev–Trinajstić information content (AvgIpc) is 2.35. The summed E-state index contributed by atoms with van der Waals surface area (Å²) in [6, 6.07) is 7.42. The van der Waals surface area contributed by atoms with Crippen molar-refractivity contribution in [1.82, 2.24) is 0 Å². The number of aliphatic imine (C=N–C) groups is 1. The van der Waals surface area contributed by atoms with E-state index in [1.807, 2.05) is 31.2 Å². The zero-order chi connectivity index (χ0) is 12.0. The first-order valence-corrected chi connectivity index (χ1v) is 4.93. The predicted octanol–water partition coefficient (Wildman–Crippen LogP) is 2.00. The molecule has 0 bridgehead atoms. The quantitative estimate of drug-likeness (QED) is 0.577. The second kappa shape index (κ2) is 5.90. The molecular weight excluding hydrogens is 206 g/mol. The molecular formula is C12H15NO3. The molecule has 0 amide bonds. The normalized spacial score (nSPS) is 12.4. The third-order valence-electron chi connectivity index (χ3n) is 2.19. The van der Waals surface area contributed by atoms with Crippen LogP contribution in [0.25, 0.3) is 0 Å². The van der Waals surface area contributed by atoms with Crippen molar-refractivity contribution in [3.05, 3.63) is 29.8 Å². The van der Waals surface area contributed by atoms with E-state index in [4.69, 9.17) is 4.74 Å². The summed E-state index contributed by atoms with van der Waals surface area (Å²) >= 11 is 0. The van der Waals surface area contributed by atoms with Crippen LogP contribution in [0.5, 0.6) is 5.75 Å². The van der Waals surface area contributed by atoms with Crippen molar-refractivity contribution in [2.75, 3.05) is 14.2 Å². The first-order chi connectivity index (χ1) is 7.69. The number of para-hydroxylation sites is 1. The predicted molar refractivity (Wildman–Crippen MR) is 61.9 cm³/mol. The fourth-order valence-electron chi connectivity index (χ4n) is 1.32. The van der Waals surface area contributed by atoms with Gasteiger partial charge in [-0.1, -0.05) is 18.2 Å². The number of methoxy groups -OCH3 is 2. The van der Waals surface area contributed by atoms with Gasteiger partial charge in [0, 0.05) is 5.56 Å².